The van der Waals surface area contributed by atoms with E-state index in [2.05, 4.69) is 10.5 Å². The molecule has 0 unspecified atom stereocenters. The van der Waals surface area contributed by atoms with Crippen molar-refractivity contribution >= 4 is 17.4 Å². The highest BCUT2D eigenvalue weighted by molar-refractivity contribution is 5.92. The van der Waals surface area contributed by atoms with Crippen molar-refractivity contribution in [3.8, 4) is 0 Å². The number of carbonyl (C=O) groups is 1. The molecule has 0 aliphatic carbocycles. The van der Waals surface area contributed by atoms with Crippen LogP contribution in [0.4, 0.5) is 10.1 Å². The van der Waals surface area contributed by atoms with Crippen molar-refractivity contribution in [3.05, 3.63) is 102 Å². The minimum absolute atomic E-state index is 0.0829. The lowest BCUT2D eigenvalue weighted by Gasteiger charge is -2.17. The topological polar surface area (TPSA) is 76.7 Å². The molecule has 0 saturated carbocycles. The van der Waals surface area contributed by atoms with Crippen LogP contribution in [0.1, 0.15) is 17.0 Å². The van der Waals surface area contributed by atoms with Crippen LogP contribution >= 0.6 is 0 Å². The summed E-state index contributed by atoms with van der Waals surface area (Å²) in [7, 11) is 0. The molecule has 0 aliphatic rings. The van der Waals surface area contributed by atoms with Crippen LogP contribution in [0.3, 0.4) is 0 Å². The van der Waals surface area contributed by atoms with Gasteiger partial charge in [0.15, 0.2) is 12.4 Å². The first-order chi connectivity index (χ1) is 13.6. The Morgan fingerprint density at radius 2 is 1.46 bits per heavy atom. The summed E-state index contributed by atoms with van der Waals surface area (Å²) in [5, 5.41) is 6.35. The summed E-state index contributed by atoms with van der Waals surface area (Å²) in [6.07, 6.45) is 0. The molecular formula is C22H20FN3O2. The molecule has 0 atom stereocenters. The minimum atomic E-state index is -0.530. The highest BCUT2D eigenvalue weighted by Gasteiger charge is 2.19. The molecule has 3 aromatic carbocycles. The predicted octanol–water partition coefficient (Wildman–Crippen LogP) is 3.89. The van der Waals surface area contributed by atoms with Gasteiger partial charge in [0.25, 0.3) is 5.91 Å². The zero-order chi connectivity index (χ0) is 19.8. The lowest BCUT2D eigenvalue weighted by atomic mass is 9.90. The predicted molar refractivity (Wildman–Crippen MR) is 107 cm³/mol. The van der Waals surface area contributed by atoms with Crippen molar-refractivity contribution in [1.82, 2.24) is 0 Å². The Kier molecular flexibility index (Phi) is 6.36. The summed E-state index contributed by atoms with van der Waals surface area (Å²) in [5.74, 6) is -1.14. The molecule has 3 N–H and O–H groups in total. The Hall–Kier alpha value is -3.67. The number of nitrogens with one attached hydrogen (secondary N) is 1. The van der Waals surface area contributed by atoms with E-state index in [4.69, 9.17) is 10.6 Å². The number of hydrogen-bond acceptors (Lipinski definition) is 3. The van der Waals surface area contributed by atoms with Gasteiger partial charge in [0.05, 0.1) is 11.6 Å². The van der Waals surface area contributed by atoms with E-state index in [1.54, 1.807) is 12.1 Å². The Balaban J connectivity index is 1.69. The fourth-order valence-corrected chi connectivity index (χ4v) is 2.79. The Labute approximate surface area is 162 Å². The van der Waals surface area contributed by atoms with Gasteiger partial charge in [0, 0.05) is 0 Å². The van der Waals surface area contributed by atoms with Crippen molar-refractivity contribution in [3.63, 3.8) is 0 Å². The third kappa shape index (κ3) is 4.94. The number of rotatable bonds is 7. The Morgan fingerprint density at radius 3 is 2.04 bits per heavy atom. The van der Waals surface area contributed by atoms with Crippen LogP contribution in [-0.4, -0.2) is 18.3 Å². The molecule has 0 bridgehead atoms. The van der Waals surface area contributed by atoms with Gasteiger partial charge in [-0.3, -0.25) is 4.79 Å². The van der Waals surface area contributed by atoms with E-state index >= 15 is 0 Å². The van der Waals surface area contributed by atoms with Crippen LogP contribution in [0.2, 0.25) is 0 Å². The number of carbonyl (C=O) groups excluding carboxylic acids is 1. The molecule has 3 aromatic rings. The van der Waals surface area contributed by atoms with Gasteiger partial charge in [-0.1, -0.05) is 78.0 Å². The van der Waals surface area contributed by atoms with Gasteiger partial charge < -0.3 is 15.9 Å². The van der Waals surface area contributed by atoms with Gasteiger partial charge in [-0.2, -0.15) is 0 Å². The highest BCUT2D eigenvalue weighted by atomic mass is 19.1. The first-order valence-electron chi connectivity index (χ1n) is 8.74. The van der Waals surface area contributed by atoms with Crippen LogP contribution in [-0.2, 0) is 9.63 Å². The largest absolute Gasteiger partial charge is 0.384 e. The van der Waals surface area contributed by atoms with Gasteiger partial charge >= 0.3 is 0 Å². The third-order valence-electron chi connectivity index (χ3n) is 4.08. The molecule has 28 heavy (non-hydrogen) atoms. The van der Waals surface area contributed by atoms with E-state index in [0.717, 1.165) is 11.1 Å². The van der Waals surface area contributed by atoms with Crippen LogP contribution in [0.15, 0.2) is 90.1 Å². The van der Waals surface area contributed by atoms with E-state index in [9.17, 15) is 9.18 Å². The quantitative estimate of drug-likeness (QED) is 0.373. The molecule has 6 heteroatoms. The molecule has 142 valence electrons. The monoisotopic (exact) mass is 377 g/mol. The maximum atomic E-state index is 13.6. The van der Waals surface area contributed by atoms with Gasteiger partial charge in [0.1, 0.15) is 5.82 Å². The number of nitrogens with two attached hydrogens (primary N) is 1. The molecule has 1 amide bonds. The van der Waals surface area contributed by atoms with Gasteiger partial charge in [-0.15, -0.1) is 0 Å². The lowest BCUT2D eigenvalue weighted by Crippen LogP contribution is -2.25. The van der Waals surface area contributed by atoms with Crippen LogP contribution in [0, 0.1) is 5.82 Å². The first kappa shape index (κ1) is 19.1. The number of oxime groups is 1. The molecule has 0 fully saturated rings. The molecule has 0 heterocycles. The summed E-state index contributed by atoms with van der Waals surface area (Å²) in [5.41, 5.74) is 8.17. The van der Waals surface area contributed by atoms with E-state index in [-0.39, 0.29) is 24.0 Å². The molecule has 0 saturated heterocycles. The zero-order valence-corrected chi connectivity index (χ0v) is 15.1. The molecule has 3 rings (SSSR count). The smallest absolute Gasteiger partial charge is 0.265 e. The summed E-state index contributed by atoms with van der Waals surface area (Å²) in [4.78, 5) is 17.1. The molecule has 0 radical (unpaired) electrons. The normalized spacial score (nSPS) is 11.3. The van der Waals surface area contributed by atoms with E-state index < -0.39 is 11.7 Å². The fraction of sp³-hybridized carbons (Fsp3) is 0.0909. The molecule has 0 spiro atoms. The van der Waals surface area contributed by atoms with Gasteiger partial charge in [-0.25, -0.2) is 4.39 Å². The van der Waals surface area contributed by atoms with E-state index in [1.807, 2.05) is 60.7 Å². The molecule has 0 aliphatic heterocycles. The number of halogens is 1. The maximum absolute atomic E-state index is 13.6. The number of para-hydroxylation sites is 1. The second-order valence-corrected chi connectivity index (χ2v) is 6.07. The number of anilines is 1. The molecular weight excluding hydrogens is 357 g/mol. The molecule has 5 nitrogen and oxygen atoms in total. The minimum Gasteiger partial charge on any atom is -0.384 e. The standard InChI is InChI=1S/C22H20FN3O2/c23-18-13-7-8-14-19(18)25-20(27)15-28-26-22(24)21(16-9-3-1-4-10-16)17-11-5-2-6-12-17/h1-14,21H,15H2,(H2,24,26)(H,25,27). The first-order valence-corrected chi connectivity index (χ1v) is 8.74. The maximum Gasteiger partial charge on any atom is 0.265 e. The van der Waals surface area contributed by atoms with Crippen molar-refractivity contribution in [1.29, 1.82) is 0 Å². The second kappa shape index (κ2) is 9.32. The number of nitrogens with zero attached hydrogens (tertiary/aromatic N) is 1. The number of benzene rings is 3. The van der Waals surface area contributed by atoms with Crippen LogP contribution < -0.4 is 11.1 Å². The Morgan fingerprint density at radius 1 is 0.929 bits per heavy atom. The zero-order valence-electron chi connectivity index (χ0n) is 15.1. The van der Waals surface area contributed by atoms with Crippen LogP contribution in [0.5, 0.6) is 0 Å². The molecule has 0 aromatic heterocycles. The number of hydrogen-bond donors (Lipinski definition) is 2. The van der Waals surface area contributed by atoms with Crippen LogP contribution in [0.25, 0.3) is 0 Å². The highest BCUT2D eigenvalue weighted by Crippen LogP contribution is 2.24. The SMILES string of the molecule is N/C(=N/OCC(=O)Nc1ccccc1F)C(c1ccccc1)c1ccccc1. The third-order valence-corrected chi connectivity index (χ3v) is 4.08. The lowest BCUT2D eigenvalue weighted by molar-refractivity contribution is -0.120. The number of amides is 1. The Bertz CT molecular complexity index is 907. The number of amidine groups is 1. The average Bonchev–Trinajstić information content (AvgIpc) is 2.71. The van der Waals surface area contributed by atoms with Gasteiger partial charge in [0.2, 0.25) is 0 Å². The van der Waals surface area contributed by atoms with E-state index in [1.165, 1.54) is 12.1 Å². The summed E-state index contributed by atoms with van der Waals surface area (Å²) >= 11 is 0. The van der Waals surface area contributed by atoms with Crippen molar-refractivity contribution in [2.75, 3.05) is 11.9 Å². The summed E-state index contributed by atoms with van der Waals surface area (Å²) in [6, 6.07) is 25.2. The van der Waals surface area contributed by atoms with Crippen molar-refractivity contribution in [2.24, 2.45) is 10.9 Å². The van der Waals surface area contributed by atoms with Gasteiger partial charge in [-0.05, 0) is 23.3 Å². The second-order valence-electron chi connectivity index (χ2n) is 6.07. The summed E-state index contributed by atoms with van der Waals surface area (Å²) in [6.45, 7) is -0.384. The van der Waals surface area contributed by atoms with Crippen molar-refractivity contribution in [2.45, 2.75) is 5.92 Å². The van der Waals surface area contributed by atoms with Crippen molar-refractivity contribution < 1.29 is 14.0 Å². The fourth-order valence-electron chi connectivity index (χ4n) is 2.79. The summed E-state index contributed by atoms with van der Waals surface area (Å²) < 4.78 is 13.6. The average molecular weight is 377 g/mol. The van der Waals surface area contributed by atoms with E-state index in [0.29, 0.717) is 0 Å².